The first-order valence-corrected chi connectivity index (χ1v) is 44.2. The molecular weight excluding hydrogens is 1560 g/mol. The van der Waals surface area contributed by atoms with E-state index in [1.165, 1.54) is 27.2 Å². The van der Waals surface area contributed by atoms with Crippen LogP contribution < -0.4 is 45.5 Å². The SMILES string of the molecule is C=CC1CC1(NC(=O)[C@@H]1C[C@@H](Oc2cc(-c3ccccc3)nc3cc(OC)ccc23)CN1C(=O)[C@@H](NC(=O)OC1CCCC1)C(C)(C)C)P(=O)(O)OCC1CC1.C=C[C@@H]1C[C@]1(NC(=O)[C@@H]1C[C@@H](Oc2cc(-c3csc(NC(C)C)n3)nc3cc(OC)ccc23)CN1C(=O)[C@@H](NC(=O)OC1CCCC1)C(C)(C)C)P(C)(=O)OCC(F)(F)F. The van der Waals surface area contributed by atoms with E-state index in [1.54, 1.807) is 65.3 Å². The maximum absolute atomic E-state index is 14.8. The van der Waals surface area contributed by atoms with Crippen molar-refractivity contribution in [1.82, 2.24) is 46.0 Å². The molecule has 7 fully saturated rings. The van der Waals surface area contributed by atoms with E-state index in [9.17, 15) is 56.0 Å². The second-order valence-electron chi connectivity index (χ2n) is 33.9. The van der Waals surface area contributed by atoms with Gasteiger partial charge < -0.3 is 78.7 Å². The third kappa shape index (κ3) is 20.1. The number of likely N-dealkylation sites (tertiary alicyclic amines) is 2. The van der Waals surface area contributed by atoms with Crippen molar-refractivity contribution in [1.29, 1.82) is 0 Å². The lowest BCUT2D eigenvalue weighted by molar-refractivity contribution is -0.153. The van der Waals surface area contributed by atoms with Gasteiger partial charge in [0.05, 0.1) is 56.3 Å². The number of hydrogen-bond acceptors (Lipinski definition) is 21. The zero-order valence-corrected chi connectivity index (χ0v) is 70.1. The Hall–Kier alpha value is -8.86. The van der Waals surface area contributed by atoms with E-state index >= 15 is 0 Å². The number of anilines is 1. The Morgan fingerprint density at radius 1 is 0.629 bits per heavy atom. The molecule has 33 heteroatoms. The van der Waals surface area contributed by atoms with Gasteiger partial charge in [-0.15, -0.1) is 24.5 Å². The maximum atomic E-state index is 14.8. The van der Waals surface area contributed by atoms with Crippen LogP contribution in [-0.2, 0) is 46.8 Å². The topological polar surface area (TPSA) is 336 Å². The molecular formula is C83H107F3N10O17P2S. The van der Waals surface area contributed by atoms with Crippen LogP contribution in [0, 0.1) is 28.6 Å². The molecule has 6 N–H and O–H groups in total. The largest absolute Gasteiger partial charge is 0.497 e. The van der Waals surface area contributed by atoms with E-state index in [4.69, 9.17) is 52.4 Å². The van der Waals surface area contributed by atoms with Gasteiger partial charge in [0.25, 0.3) is 0 Å². The van der Waals surface area contributed by atoms with E-state index < -0.39 is 133 Å². The number of halogens is 3. The summed E-state index contributed by atoms with van der Waals surface area (Å²) in [4.78, 5) is 113. The summed E-state index contributed by atoms with van der Waals surface area (Å²) in [5.41, 5.74) is 2.15. The van der Waals surface area contributed by atoms with Crippen molar-refractivity contribution in [3.63, 3.8) is 0 Å². The summed E-state index contributed by atoms with van der Waals surface area (Å²) >= 11 is 1.42. The highest BCUT2D eigenvalue weighted by Gasteiger charge is 2.68. The number of thiazole rings is 1. The van der Waals surface area contributed by atoms with Gasteiger partial charge in [0.1, 0.15) is 94.4 Å². The summed E-state index contributed by atoms with van der Waals surface area (Å²) < 4.78 is 114. The smallest absolute Gasteiger partial charge is 0.412 e. The van der Waals surface area contributed by atoms with Gasteiger partial charge in [-0.3, -0.25) is 28.3 Å². The van der Waals surface area contributed by atoms with Gasteiger partial charge in [-0.2, -0.15) is 13.2 Å². The zero-order valence-electron chi connectivity index (χ0n) is 67.5. The lowest BCUT2D eigenvalue weighted by Crippen LogP contribution is -2.58. The number of amides is 6. The van der Waals surface area contributed by atoms with E-state index in [0.29, 0.717) is 79.9 Å². The van der Waals surface area contributed by atoms with Crippen molar-refractivity contribution >= 4 is 89.1 Å². The first kappa shape index (κ1) is 86.5. The molecule has 0 bridgehead atoms. The molecule has 4 unspecified atom stereocenters. The van der Waals surface area contributed by atoms with E-state index in [2.05, 4.69) is 39.7 Å². The second-order valence-corrected chi connectivity index (χ2v) is 39.6. The van der Waals surface area contributed by atoms with Gasteiger partial charge in [0, 0.05) is 83.4 Å². The molecule has 13 rings (SSSR count). The standard InChI is InChI=1S/C42H53N4O9P.C41H54F3N6O8PS/c1-6-28-23-42(28,56(50,51)53-25-26-16-17-26)45-38(47)35-21-31(24-46(35)39(48)37(41(2,3)4)44-40(49)55-29-14-10-11-15-29)54-36-22-33(27-12-8-7-9-13-27)43-34-20-30(52-5)18-19-32(34)36;1-9-24-19-40(24,59(8,54)56-22-41(42,43)44)49-35(51)32-17-27(20-50(32)36(52)34(39(4,5)6)48-38(53)58-25-12-10-11-13-25)57-33-18-30(31-21-60-37(47-31)45-23(2)3)46-29-16-26(55-7)14-15-28(29)33/h6-9,12-13,18-20,22,26,28-29,31,35,37H,1,10-11,14-17,21,23-25H2,2-5H3,(H,44,49)(H,45,47)(H,50,51);9,14-16,18,21,23-25,27,32,34H,1,10-13,17,19-20,22H2,2-8H3,(H,45,47)(H,48,53)(H,49,51)/t28?,31-,35+,37-,42?;24-,27-,32+,34-,40+,59?/m11/s1. The number of rotatable bonds is 29. The summed E-state index contributed by atoms with van der Waals surface area (Å²) in [6.07, 6.45) is 3.56. The molecule has 116 heavy (non-hydrogen) atoms. The van der Waals surface area contributed by atoms with Crippen molar-refractivity contribution in [2.75, 3.05) is 52.5 Å². The van der Waals surface area contributed by atoms with Crippen LogP contribution in [0.25, 0.3) is 44.5 Å². The fourth-order valence-electron chi connectivity index (χ4n) is 15.6. The Morgan fingerprint density at radius 2 is 1.09 bits per heavy atom. The van der Waals surface area contributed by atoms with Crippen LogP contribution in [0.5, 0.6) is 23.0 Å². The molecule has 2 saturated heterocycles. The molecule has 0 spiro atoms. The summed E-state index contributed by atoms with van der Waals surface area (Å²) in [6.45, 7) is 21.7. The summed E-state index contributed by atoms with van der Waals surface area (Å²) in [5.74, 6) is -1.35. The van der Waals surface area contributed by atoms with Crippen molar-refractivity contribution in [3.05, 3.63) is 110 Å². The van der Waals surface area contributed by atoms with Crippen LogP contribution in [0.2, 0.25) is 0 Å². The number of nitrogens with one attached hydrogen (secondary N) is 5. The number of benzene rings is 3. The molecule has 27 nitrogen and oxygen atoms in total. The Bertz CT molecular complexity index is 4740. The average Bonchev–Trinajstić information content (AvgIpc) is 1.56. The fourth-order valence-corrected chi connectivity index (χ4v) is 20.5. The monoisotopic (exact) mass is 1670 g/mol. The number of alkyl carbamates (subject to hydrolysis) is 2. The summed E-state index contributed by atoms with van der Waals surface area (Å²) in [6, 6.07) is 19.6. The fraction of sp³-hybridized carbons (Fsp3) is 0.554. The number of alkyl halides is 3. The van der Waals surface area contributed by atoms with Crippen molar-refractivity contribution in [2.24, 2.45) is 28.6 Å². The minimum atomic E-state index is -4.77. The molecule has 5 heterocycles. The third-order valence-corrected chi connectivity index (χ3v) is 28.1. The lowest BCUT2D eigenvalue weighted by Gasteiger charge is -2.36. The zero-order chi connectivity index (χ0) is 83.6. The Morgan fingerprint density at radius 3 is 1.53 bits per heavy atom. The van der Waals surface area contributed by atoms with Gasteiger partial charge >= 0.3 is 26.0 Å². The molecule has 3 aromatic heterocycles. The van der Waals surface area contributed by atoms with E-state index in [-0.39, 0.29) is 69.5 Å². The van der Waals surface area contributed by atoms with Crippen LogP contribution in [0.4, 0.5) is 27.9 Å². The normalized spacial score (nSPS) is 24.3. The van der Waals surface area contributed by atoms with Crippen LogP contribution in [0.3, 0.4) is 0 Å². The minimum Gasteiger partial charge on any atom is -0.497 e. The molecule has 6 amide bonds. The number of fused-ring (bicyclic) bond motifs is 2. The Labute approximate surface area is 678 Å². The van der Waals surface area contributed by atoms with Crippen molar-refractivity contribution < 1.29 is 93.4 Å². The predicted octanol–water partition coefficient (Wildman–Crippen LogP) is 15.1. The number of pyridine rings is 2. The number of carbonyl (C=O) groups excluding carboxylic acids is 6. The van der Waals surface area contributed by atoms with Crippen molar-refractivity contribution in [3.8, 4) is 45.6 Å². The Kier molecular flexibility index (Phi) is 26.1. The molecule has 7 aliphatic rings. The van der Waals surface area contributed by atoms with E-state index in [1.807, 2.05) is 94.6 Å². The molecule has 3 aromatic carbocycles. The van der Waals surface area contributed by atoms with Crippen LogP contribution in [0.15, 0.2) is 110 Å². The van der Waals surface area contributed by atoms with Gasteiger partial charge in [-0.25, -0.2) is 24.5 Å². The molecule has 5 aliphatic carbocycles. The molecule has 6 aromatic rings. The van der Waals surface area contributed by atoms with Crippen LogP contribution in [-0.4, -0.2) is 184 Å². The highest BCUT2D eigenvalue weighted by atomic mass is 32.1. The van der Waals surface area contributed by atoms with Crippen LogP contribution in [0.1, 0.15) is 145 Å². The number of carbonyl (C=O) groups is 6. The van der Waals surface area contributed by atoms with E-state index in [0.717, 1.165) is 63.6 Å². The number of aromatic nitrogens is 3. The molecule has 628 valence electrons. The lowest BCUT2D eigenvalue weighted by atomic mass is 9.85. The number of methoxy groups -OCH3 is 2. The predicted molar refractivity (Wildman–Crippen MR) is 434 cm³/mol. The molecule has 0 radical (unpaired) electrons. The highest BCUT2D eigenvalue weighted by Crippen LogP contribution is 2.72. The molecule has 2 aliphatic heterocycles. The quantitative estimate of drug-likeness (QED) is 0.0188. The first-order chi connectivity index (χ1) is 54.8. The van der Waals surface area contributed by atoms with Gasteiger partial charge in [-0.1, -0.05) is 84.0 Å². The summed E-state index contributed by atoms with van der Waals surface area (Å²) in [5, 5.41) is 15.1. The minimum absolute atomic E-state index is 0.00362. The number of nitrogens with zero attached hydrogens (tertiary/aromatic N) is 5. The second kappa shape index (κ2) is 35.0. The molecule has 12 atom stereocenters. The Balaban J connectivity index is 0.000000214. The van der Waals surface area contributed by atoms with Crippen LogP contribution >= 0.6 is 26.3 Å². The highest BCUT2D eigenvalue weighted by molar-refractivity contribution is 7.60. The maximum Gasteiger partial charge on any atom is 0.412 e. The molecule has 5 saturated carbocycles. The third-order valence-electron chi connectivity index (χ3n) is 22.5. The van der Waals surface area contributed by atoms with Crippen molar-refractivity contribution in [2.45, 2.75) is 217 Å². The van der Waals surface area contributed by atoms with Gasteiger partial charge in [0.15, 0.2) is 5.13 Å². The van der Waals surface area contributed by atoms with Gasteiger partial charge in [-0.05, 0) is 132 Å². The van der Waals surface area contributed by atoms with Gasteiger partial charge in [0.2, 0.25) is 31.0 Å². The number of hydrogen-bond donors (Lipinski definition) is 6. The number of ether oxygens (including phenoxy) is 6. The first-order valence-electron chi connectivity index (χ1n) is 39.6. The summed E-state index contributed by atoms with van der Waals surface area (Å²) in [7, 11) is -5.40. The average molecular weight is 1670 g/mol.